The van der Waals surface area contributed by atoms with E-state index >= 15 is 0 Å². The van der Waals surface area contributed by atoms with Gasteiger partial charge in [-0.3, -0.25) is 19.4 Å². The molecular weight excluding hydrogens is 452 g/mol. The normalized spacial score (nSPS) is 11.0. The van der Waals surface area contributed by atoms with E-state index in [2.05, 4.69) is 15.6 Å². The summed E-state index contributed by atoms with van der Waals surface area (Å²) in [5.41, 5.74) is 0.141. The van der Waals surface area contributed by atoms with Crippen LogP contribution in [0.3, 0.4) is 0 Å². The van der Waals surface area contributed by atoms with Gasteiger partial charge in [-0.25, -0.2) is 13.1 Å². The molecular formula is C21H26N4O7S. The topological polar surface area (TPSA) is 153 Å². The molecule has 3 N–H and O–H groups in total. The largest absolute Gasteiger partial charge is 0.385 e. The molecule has 12 heteroatoms. The molecule has 178 valence electrons. The average Bonchev–Trinajstić information content (AvgIpc) is 2.81. The van der Waals surface area contributed by atoms with Gasteiger partial charge in [0.1, 0.15) is 5.69 Å². The molecule has 0 aliphatic rings. The first kappa shape index (κ1) is 25.9. The van der Waals surface area contributed by atoms with Crippen molar-refractivity contribution in [1.29, 1.82) is 0 Å². The van der Waals surface area contributed by atoms with E-state index < -0.39 is 27.7 Å². The number of pyridine rings is 1. The number of aromatic nitrogens is 1. The van der Waals surface area contributed by atoms with E-state index in [4.69, 9.17) is 9.47 Å². The lowest BCUT2D eigenvalue weighted by atomic mass is 10.2. The van der Waals surface area contributed by atoms with Crippen molar-refractivity contribution in [1.82, 2.24) is 20.3 Å². The Kier molecular flexibility index (Phi) is 9.91. The van der Waals surface area contributed by atoms with Crippen molar-refractivity contribution >= 4 is 27.7 Å². The Hall–Kier alpha value is -3.35. The van der Waals surface area contributed by atoms with Crippen LogP contribution in [0.2, 0.25) is 0 Å². The van der Waals surface area contributed by atoms with Gasteiger partial charge in [-0.2, -0.15) is 0 Å². The molecule has 0 spiro atoms. The monoisotopic (exact) mass is 478 g/mol. The zero-order chi connectivity index (χ0) is 24.3. The molecule has 0 aliphatic heterocycles. The summed E-state index contributed by atoms with van der Waals surface area (Å²) in [5, 5.41) is 5.24. The molecule has 1 heterocycles. The maximum Gasteiger partial charge on any atom is 0.269 e. The number of nitrogens with one attached hydrogen (secondary N) is 3. The van der Waals surface area contributed by atoms with E-state index in [9.17, 15) is 22.8 Å². The summed E-state index contributed by atoms with van der Waals surface area (Å²) in [6.07, 6.45) is 1.71. The molecule has 0 bridgehead atoms. The van der Waals surface area contributed by atoms with Gasteiger partial charge in [-0.05, 0) is 36.8 Å². The first-order valence-electron chi connectivity index (χ1n) is 9.96. The van der Waals surface area contributed by atoms with Crippen molar-refractivity contribution in [2.75, 3.05) is 40.5 Å². The van der Waals surface area contributed by atoms with E-state index in [-0.39, 0.29) is 21.7 Å². The summed E-state index contributed by atoms with van der Waals surface area (Å²) in [6.45, 7) is 1.48. The van der Waals surface area contributed by atoms with Crippen LogP contribution in [0.15, 0.2) is 47.5 Å². The number of methoxy groups -OCH3 is 2. The smallest absolute Gasteiger partial charge is 0.269 e. The molecule has 2 rings (SSSR count). The zero-order valence-corrected chi connectivity index (χ0v) is 19.1. The lowest BCUT2D eigenvalue weighted by molar-refractivity contribution is 0.0927. The van der Waals surface area contributed by atoms with Crippen LogP contribution < -0.4 is 15.4 Å². The van der Waals surface area contributed by atoms with Gasteiger partial charge in [0.05, 0.1) is 17.1 Å². The van der Waals surface area contributed by atoms with E-state index in [0.717, 1.165) is 6.20 Å². The summed E-state index contributed by atoms with van der Waals surface area (Å²) in [7, 11) is -1.20. The standard InChI is InChI=1S/C21H26N4O7S/c1-31-11-4-9-22-19(26)15-5-3-6-17(13-15)33(29,30)25-20(27)16-7-8-18(24-14-16)21(28)23-10-12-32-2/h3,5-8,13-14H,4,9-12H2,1-2H3,(H,22,26)(H,23,28)(H,25,27). The van der Waals surface area contributed by atoms with Crippen LogP contribution in [-0.4, -0.2) is 71.6 Å². The number of rotatable bonds is 12. The fourth-order valence-corrected chi connectivity index (χ4v) is 3.60. The molecule has 0 fully saturated rings. The number of hydrogen-bond acceptors (Lipinski definition) is 8. The number of sulfonamides is 1. The highest BCUT2D eigenvalue weighted by atomic mass is 32.2. The van der Waals surface area contributed by atoms with Crippen LogP contribution in [0.1, 0.15) is 37.6 Å². The maximum absolute atomic E-state index is 12.6. The maximum atomic E-state index is 12.6. The van der Waals surface area contributed by atoms with Crippen LogP contribution >= 0.6 is 0 Å². The van der Waals surface area contributed by atoms with Crippen molar-refractivity contribution in [3.8, 4) is 0 Å². The summed E-state index contributed by atoms with van der Waals surface area (Å²) < 4.78 is 36.9. The summed E-state index contributed by atoms with van der Waals surface area (Å²) in [6, 6.07) is 7.90. The molecule has 0 saturated carbocycles. The average molecular weight is 479 g/mol. The highest BCUT2D eigenvalue weighted by Crippen LogP contribution is 2.13. The fourth-order valence-electron chi connectivity index (χ4n) is 2.58. The molecule has 1 aromatic heterocycles. The number of hydrogen-bond donors (Lipinski definition) is 3. The van der Waals surface area contributed by atoms with Crippen molar-refractivity contribution in [2.24, 2.45) is 0 Å². The van der Waals surface area contributed by atoms with Gasteiger partial charge in [0, 0.05) is 45.7 Å². The van der Waals surface area contributed by atoms with E-state index in [0.29, 0.717) is 32.7 Å². The second-order valence-electron chi connectivity index (χ2n) is 6.75. The van der Waals surface area contributed by atoms with Crippen LogP contribution in [0.25, 0.3) is 0 Å². The molecule has 0 saturated heterocycles. The SMILES string of the molecule is COCCCNC(=O)c1cccc(S(=O)(=O)NC(=O)c2ccc(C(=O)NCCOC)nc2)c1. The Bertz CT molecular complexity index is 1070. The molecule has 2 aromatic rings. The molecule has 0 radical (unpaired) electrons. The van der Waals surface area contributed by atoms with Crippen LogP contribution in [-0.2, 0) is 19.5 Å². The lowest BCUT2D eigenvalue weighted by Crippen LogP contribution is -2.31. The van der Waals surface area contributed by atoms with Crippen molar-refractivity contribution in [3.05, 3.63) is 59.4 Å². The number of carbonyl (C=O) groups excluding carboxylic acids is 3. The molecule has 0 atom stereocenters. The third kappa shape index (κ3) is 7.93. The predicted octanol–water partition coefficient (Wildman–Crippen LogP) is 0.343. The van der Waals surface area contributed by atoms with Gasteiger partial charge in [-0.15, -0.1) is 0 Å². The Morgan fingerprint density at radius 3 is 2.27 bits per heavy atom. The lowest BCUT2D eigenvalue weighted by Gasteiger charge is -2.09. The first-order chi connectivity index (χ1) is 15.8. The van der Waals surface area contributed by atoms with Crippen molar-refractivity contribution in [2.45, 2.75) is 11.3 Å². The second kappa shape index (κ2) is 12.6. The minimum atomic E-state index is -4.25. The Labute approximate surface area is 191 Å². The van der Waals surface area contributed by atoms with Gasteiger partial charge in [0.25, 0.3) is 27.7 Å². The predicted molar refractivity (Wildman–Crippen MR) is 118 cm³/mol. The summed E-state index contributed by atoms with van der Waals surface area (Å²) in [5.74, 6) is -1.83. The number of carbonyl (C=O) groups is 3. The highest BCUT2D eigenvalue weighted by molar-refractivity contribution is 7.90. The van der Waals surface area contributed by atoms with Gasteiger partial charge in [-0.1, -0.05) is 6.07 Å². The molecule has 1 aromatic carbocycles. The number of benzene rings is 1. The van der Waals surface area contributed by atoms with Gasteiger partial charge in [0.2, 0.25) is 0 Å². The summed E-state index contributed by atoms with van der Waals surface area (Å²) in [4.78, 5) is 40.2. The second-order valence-corrected chi connectivity index (χ2v) is 8.43. The van der Waals surface area contributed by atoms with Crippen LogP contribution in [0.5, 0.6) is 0 Å². The minimum absolute atomic E-state index is 0.0564. The summed E-state index contributed by atoms with van der Waals surface area (Å²) >= 11 is 0. The zero-order valence-electron chi connectivity index (χ0n) is 18.3. The molecule has 11 nitrogen and oxygen atoms in total. The third-order valence-corrected chi connectivity index (χ3v) is 5.62. The molecule has 0 unspecified atom stereocenters. The molecule has 3 amide bonds. The fraction of sp³-hybridized carbons (Fsp3) is 0.333. The Morgan fingerprint density at radius 2 is 1.61 bits per heavy atom. The Morgan fingerprint density at radius 1 is 0.879 bits per heavy atom. The van der Waals surface area contributed by atoms with E-state index in [1.807, 2.05) is 4.72 Å². The van der Waals surface area contributed by atoms with Crippen LogP contribution in [0, 0.1) is 0 Å². The minimum Gasteiger partial charge on any atom is -0.385 e. The Balaban J connectivity index is 2.04. The van der Waals surface area contributed by atoms with Gasteiger partial charge < -0.3 is 20.1 Å². The first-order valence-corrected chi connectivity index (χ1v) is 11.4. The van der Waals surface area contributed by atoms with E-state index in [1.165, 1.54) is 43.5 Å². The molecule has 33 heavy (non-hydrogen) atoms. The number of ether oxygens (including phenoxy) is 2. The molecule has 0 aliphatic carbocycles. The van der Waals surface area contributed by atoms with Gasteiger partial charge in [0.15, 0.2) is 0 Å². The quantitative estimate of drug-likeness (QED) is 0.369. The number of nitrogens with zero attached hydrogens (tertiary/aromatic N) is 1. The van der Waals surface area contributed by atoms with Crippen LogP contribution in [0.4, 0.5) is 0 Å². The van der Waals surface area contributed by atoms with E-state index in [1.54, 1.807) is 7.11 Å². The van der Waals surface area contributed by atoms with Crippen molar-refractivity contribution in [3.63, 3.8) is 0 Å². The van der Waals surface area contributed by atoms with Crippen molar-refractivity contribution < 1.29 is 32.3 Å². The van der Waals surface area contributed by atoms with Gasteiger partial charge >= 0.3 is 0 Å². The highest BCUT2D eigenvalue weighted by Gasteiger charge is 2.21. The third-order valence-electron chi connectivity index (χ3n) is 4.29. The number of amides is 3.